The van der Waals surface area contributed by atoms with E-state index in [0.717, 1.165) is 0 Å². The molecular weight excluding hydrogens is 266 g/mol. The highest BCUT2D eigenvalue weighted by molar-refractivity contribution is 5.83. The van der Waals surface area contributed by atoms with E-state index in [-0.39, 0.29) is 0 Å². The molecule has 1 saturated carbocycles. The van der Waals surface area contributed by atoms with Crippen molar-refractivity contribution in [3.63, 3.8) is 0 Å². The van der Waals surface area contributed by atoms with Crippen molar-refractivity contribution in [1.29, 1.82) is 0 Å². The molecule has 22 heavy (non-hydrogen) atoms. The fourth-order valence-electron chi connectivity index (χ4n) is 4.72. The summed E-state index contributed by atoms with van der Waals surface area (Å²) in [6, 6.07) is 16.0. The monoisotopic (exact) mass is 293 g/mol. The van der Waals surface area contributed by atoms with E-state index in [4.69, 9.17) is 0 Å². The van der Waals surface area contributed by atoms with Crippen LogP contribution in [0.2, 0.25) is 0 Å². The van der Waals surface area contributed by atoms with Gasteiger partial charge in [-0.3, -0.25) is 4.90 Å². The number of hydrogen-bond acceptors (Lipinski definition) is 1. The van der Waals surface area contributed by atoms with Crippen LogP contribution in [0, 0.1) is 0 Å². The van der Waals surface area contributed by atoms with Crippen LogP contribution in [0.5, 0.6) is 0 Å². The highest BCUT2D eigenvalue weighted by Gasteiger charge is 2.39. The fraction of sp³-hybridized carbons (Fsp3) is 0.524. The highest BCUT2D eigenvalue weighted by Crippen LogP contribution is 2.44. The lowest BCUT2D eigenvalue weighted by Crippen LogP contribution is -2.49. The van der Waals surface area contributed by atoms with Crippen molar-refractivity contribution in [2.75, 3.05) is 13.1 Å². The molecule has 2 fully saturated rings. The Morgan fingerprint density at radius 2 is 1.36 bits per heavy atom. The molecular formula is C21H27N. The lowest BCUT2D eigenvalue weighted by Gasteiger charge is -2.49. The molecule has 0 unspecified atom stereocenters. The molecule has 0 radical (unpaired) electrons. The van der Waals surface area contributed by atoms with Crippen molar-refractivity contribution in [1.82, 2.24) is 4.90 Å². The van der Waals surface area contributed by atoms with E-state index in [1.165, 1.54) is 75.2 Å². The van der Waals surface area contributed by atoms with Gasteiger partial charge < -0.3 is 0 Å². The molecule has 1 nitrogen and oxygen atoms in total. The first-order valence-electron chi connectivity index (χ1n) is 9.13. The van der Waals surface area contributed by atoms with E-state index in [0.29, 0.717) is 5.54 Å². The summed E-state index contributed by atoms with van der Waals surface area (Å²) in [5.74, 6) is 0. The Balaban J connectivity index is 1.77. The zero-order valence-corrected chi connectivity index (χ0v) is 13.6. The molecule has 0 N–H and O–H groups in total. The molecule has 2 aliphatic rings. The topological polar surface area (TPSA) is 3.24 Å². The maximum atomic E-state index is 2.83. The lowest BCUT2D eigenvalue weighted by atomic mass is 9.74. The second kappa shape index (κ2) is 6.04. The maximum absolute atomic E-state index is 2.83. The Morgan fingerprint density at radius 1 is 0.682 bits per heavy atom. The summed E-state index contributed by atoms with van der Waals surface area (Å²) < 4.78 is 0. The first kappa shape index (κ1) is 14.3. The summed E-state index contributed by atoms with van der Waals surface area (Å²) in [5, 5.41) is 2.78. The SMILES string of the molecule is c1ccc2cc(C3(N4CCCCC4)CCCCC3)ccc2c1. The zero-order chi connectivity index (χ0) is 14.8. The van der Waals surface area contributed by atoms with Crippen LogP contribution in [0.4, 0.5) is 0 Å². The van der Waals surface area contributed by atoms with Gasteiger partial charge in [0.1, 0.15) is 0 Å². The summed E-state index contributed by atoms with van der Waals surface area (Å²) in [6.07, 6.45) is 11.1. The highest BCUT2D eigenvalue weighted by atomic mass is 15.2. The van der Waals surface area contributed by atoms with Crippen LogP contribution in [-0.4, -0.2) is 18.0 Å². The van der Waals surface area contributed by atoms with Gasteiger partial charge in [-0.05, 0) is 61.2 Å². The predicted molar refractivity (Wildman–Crippen MR) is 94.1 cm³/mol. The van der Waals surface area contributed by atoms with Crippen molar-refractivity contribution < 1.29 is 0 Å². The van der Waals surface area contributed by atoms with Crippen LogP contribution in [0.15, 0.2) is 42.5 Å². The predicted octanol–water partition coefficient (Wildman–Crippen LogP) is 5.49. The molecule has 0 amide bonds. The van der Waals surface area contributed by atoms with E-state index in [1.54, 1.807) is 5.56 Å². The van der Waals surface area contributed by atoms with Gasteiger partial charge in [0.05, 0.1) is 0 Å². The molecule has 1 heterocycles. The molecule has 0 bridgehead atoms. The number of hydrogen-bond donors (Lipinski definition) is 0. The zero-order valence-electron chi connectivity index (χ0n) is 13.6. The minimum atomic E-state index is 0.322. The standard InChI is InChI=1S/C21H27N/c1-5-13-21(14-6-1,22-15-7-2-8-16-22)20-12-11-18-9-3-4-10-19(18)17-20/h3-4,9-12,17H,1-2,5-8,13-16H2. The van der Waals surface area contributed by atoms with Crippen molar-refractivity contribution in [2.45, 2.75) is 56.9 Å². The maximum Gasteiger partial charge on any atom is 0.0460 e. The van der Waals surface area contributed by atoms with Crippen LogP contribution in [0.3, 0.4) is 0 Å². The number of benzene rings is 2. The molecule has 1 aliphatic heterocycles. The molecule has 0 aromatic heterocycles. The third-order valence-electron chi connectivity index (χ3n) is 5.93. The Morgan fingerprint density at radius 3 is 2.14 bits per heavy atom. The molecule has 116 valence electrons. The van der Waals surface area contributed by atoms with Crippen LogP contribution < -0.4 is 0 Å². The summed E-state index contributed by atoms with van der Waals surface area (Å²) in [5.41, 5.74) is 1.90. The summed E-state index contributed by atoms with van der Waals surface area (Å²) in [4.78, 5) is 2.83. The molecule has 1 aliphatic carbocycles. The van der Waals surface area contributed by atoms with Gasteiger partial charge in [0, 0.05) is 5.54 Å². The number of nitrogens with zero attached hydrogens (tertiary/aromatic N) is 1. The van der Waals surface area contributed by atoms with E-state index in [1.807, 2.05) is 0 Å². The van der Waals surface area contributed by atoms with E-state index in [2.05, 4.69) is 47.4 Å². The van der Waals surface area contributed by atoms with Gasteiger partial charge in [0.2, 0.25) is 0 Å². The third kappa shape index (κ3) is 2.46. The molecule has 0 atom stereocenters. The molecule has 1 saturated heterocycles. The van der Waals surface area contributed by atoms with Crippen LogP contribution in [-0.2, 0) is 5.54 Å². The first-order chi connectivity index (χ1) is 10.9. The van der Waals surface area contributed by atoms with Gasteiger partial charge in [-0.25, -0.2) is 0 Å². The van der Waals surface area contributed by atoms with Crippen molar-refractivity contribution in [3.05, 3.63) is 48.0 Å². The van der Waals surface area contributed by atoms with Crippen molar-refractivity contribution in [2.24, 2.45) is 0 Å². The van der Waals surface area contributed by atoms with Gasteiger partial charge in [-0.1, -0.05) is 62.1 Å². The normalized spacial score (nSPS) is 22.7. The lowest BCUT2D eigenvalue weighted by molar-refractivity contribution is 0.0304. The fourth-order valence-corrected chi connectivity index (χ4v) is 4.72. The largest absolute Gasteiger partial charge is 0.294 e. The van der Waals surface area contributed by atoms with Gasteiger partial charge in [0.15, 0.2) is 0 Å². The Hall–Kier alpha value is -1.34. The molecule has 1 heteroatoms. The summed E-state index contributed by atoms with van der Waals surface area (Å²) >= 11 is 0. The number of likely N-dealkylation sites (tertiary alicyclic amines) is 1. The van der Waals surface area contributed by atoms with Gasteiger partial charge >= 0.3 is 0 Å². The minimum Gasteiger partial charge on any atom is -0.294 e. The molecule has 2 aromatic rings. The first-order valence-corrected chi connectivity index (χ1v) is 9.13. The Labute approximate surface area is 134 Å². The van der Waals surface area contributed by atoms with Crippen LogP contribution in [0.1, 0.15) is 56.9 Å². The summed E-state index contributed by atoms with van der Waals surface area (Å²) in [7, 11) is 0. The Bertz CT molecular complexity index is 633. The van der Waals surface area contributed by atoms with Crippen LogP contribution in [0.25, 0.3) is 10.8 Å². The average molecular weight is 293 g/mol. The number of rotatable bonds is 2. The van der Waals surface area contributed by atoms with Crippen molar-refractivity contribution in [3.8, 4) is 0 Å². The van der Waals surface area contributed by atoms with Gasteiger partial charge in [-0.2, -0.15) is 0 Å². The van der Waals surface area contributed by atoms with E-state index >= 15 is 0 Å². The van der Waals surface area contributed by atoms with Gasteiger partial charge in [0.25, 0.3) is 0 Å². The third-order valence-corrected chi connectivity index (χ3v) is 5.93. The average Bonchev–Trinajstić information content (AvgIpc) is 2.62. The van der Waals surface area contributed by atoms with E-state index < -0.39 is 0 Å². The quantitative estimate of drug-likeness (QED) is 0.708. The molecule has 2 aromatic carbocycles. The second-order valence-electron chi connectivity index (χ2n) is 7.20. The number of piperidine rings is 1. The van der Waals surface area contributed by atoms with Gasteiger partial charge in [-0.15, -0.1) is 0 Å². The van der Waals surface area contributed by atoms with E-state index in [9.17, 15) is 0 Å². The Kier molecular flexibility index (Phi) is 3.92. The summed E-state index contributed by atoms with van der Waals surface area (Å²) in [6.45, 7) is 2.60. The second-order valence-corrected chi connectivity index (χ2v) is 7.20. The minimum absolute atomic E-state index is 0.322. The van der Waals surface area contributed by atoms with Crippen LogP contribution >= 0.6 is 0 Å². The van der Waals surface area contributed by atoms with Crippen molar-refractivity contribution >= 4 is 10.8 Å². The number of fused-ring (bicyclic) bond motifs is 1. The molecule has 0 spiro atoms. The molecule has 4 rings (SSSR count). The smallest absolute Gasteiger partial charge is 0.0460 e.